The van der Waals surface area contributed by atoms with Crippen molar-refractivity contribution in [2.45, 2.75) is 13.8 Å². The number of hydrogen-bond acceptors (Lipinski definition) is 6. The number of aryl methyl sites for hydroxylation is 2. The molecule has 0 saturated heterocycles. The highest BCUT2D eigenvalue weighted by Crippen LogP contribution is 2.32. The summed E-state index contributed by atoms with van der Waals surface area (Å²) in [6.07, 6.45) is 0. The topological polar surface area (TPSA) is 105 Å². The first-order chi connectivity index (χ1) is 14.3. The number of halogens is 1. The van der Waals surface area contributed by atoms with E-state index in [0.29, 0.717) is 33.9 Å². The summed E-state index contributed by atoms with van der Waals surface area (Å²) in [6.45, 7) is 3.21. The highest BCUT2D eigenvalue weighted by Gasteiger charge is 2.17. The predicted octanol–water partition coefficient (Wildman–Crippen LogP) is 3.89. The van der Waals surface area contributed by atoms with Crippen LogP contribution in [0.5, 0.6) is 5.75 Å². The second-order valence-corrected chi connectivity index (χ2v) is 6.85. The highest BCUT2D eigenvalue weighted by atomic mass is 19.1. The molecule has 3 N–H and O–H groups in total. The molecule has 2 aromatic heterocycles. The first kappa shape index (κ1) is 19.3. The van der Waals surface area contributed by atoms with Crippen LogP contribution in [0.1, 0.15) is 12.6 Å². The van der Waals surface area contributed by atoms with Crippen molar-refractivity contribution < 1.29 is 14.3 Å². The predicted molar refractivity (Wildman–Crippen MR) is 112 cm³/mol. The van der Waals surface area contributed by atoms with Crippen molar-refractivity contribution in [3.63, 3.8) is 0 Å². The number of aromatic nitrogens is 4. The molecular weight excluding hydrogens is 387 g/mol. The lowest BCUT2D eigenvalue weighted by Gasteiger charge is -2.12. The quantitative estimate of drug-likeness (QED) is 0.351. The summed E-state index contributed by atoms with van der Waals surface area (Å²) in [7, 11) is 1.79. The molecule has 2 aromatic carbocycles. The van der Waals surface area contributed by atoms with Gasteiger partial charge in [-0.1, -0.05) is 0 Å². The lowest BCUT2D eigenvalue weighted by molar-refractivity contribution is -0.114. The molecule has 1 amide bonds. The van der Waals surface area contributed by atoms with Gasteiger partial charge in [0.2, 0.25) is 5.91 Å². The summed E-state index contributed by atoms with van der Waals surface area (Å²) >= 11 is 0. The van der Waals surface area contributed by atoms with Crippen LogP contribution in [0.3, 0.4) is 0 Å². The number of carbonyl (C=O) groups is 1. The van der Waals surface area contributed by atoms with Gasteiger partial charge in [-0.2, -0.15) is 5.10 Å². The fourth-order valence-electron chi connectivity index (χ4n) is 3.19. The molecule has 0 radical (unpaired) electrons. The summed E-state index contributed by atoms with van der Waals surface area (Å²) < 4.78 is 15.0. The van der Waals surface area contributed by atoms with Crippen molar-refractivity contribution in [1.29, 1.82) is 0 Å². The smallest absolute Gasteiger partial charge is 0.221 e. The molecular formula is C21H19FN6O2. The molecule has 0 spiro atoms. The molecule has 8 nitrogen and oxygen atoms in total. The number of phenolic OH excluding ortho intramolecular Hbond substituents is 1. The number of fused-ring (bicyclic) bond motifs is 1. The minimum Gasteiger partial charge on any atom is -0.506 e. The molecule has 2 heterocycles. The Kier molecular flexibility index (Phi) is 4.78. The first-order valence-electron chi connectivity index (χ1n) is 9.16. The second-order valence-electron chi connectivity index (χ2n) is 6.85. The number of rotatable bonds is 4. The molecule has 0 aliphatic heterocycles. The van der Waals surface area contributed by atoms with Crippen molar-refractivity contribution in [3.05, 3.63) is 54.0 Å². The molecule has 4 rings (SSSR count). The Balaban J connectivity index is 1.83. The fourth-order valence-corrected chi connectivity index (χ4v) is 3.19. The Morgan fingerprint density at radius 2 is 1.87 bits per heavy atom. The third-order valence-electron chi connectivity index (χ3n) is 4.52. The molecule has 0 unspecified atom stereocenters. The van der Waals surface area contributed by atoms with E-state index in [4.69, 9.17) is 0 Å². The Bertz CT molecular complexity index is 1270. The zero-order valence-corrected chi connectivity index (χ0v) is 16.6. The highest BCUT2D eigenvalue weighted by molar-refractivity contribution is 5.93. The van der Waals surface area contributed by atoms with E-state index in [2.05, 4.69) is 25.7 Å². The molecule has 0 fully saturated rings. The van der Waals surface area contributed by atoms with Crippen LogP contribution in [0.4, 0.5) is 21.6 Å². The Hall–Kier alpha value is -4.01. The third kappa shape index (κ3) is 3.64. The van der Waals surface area contributed by atoms with Gasteiger partial charge in [-0.15, -0.1) is 0 Å². The summed E-state index contributed by atoms with van der Waals surface area (Å²) in [5, 5.41) is 20.2. The lowest BCUT2D eigenvalue weighted by atomic mass is 10.2. The van der Waals surface area contributed by atoms with Gasteiger partial charge in [-0.05, 0) is 49.4 Å². The van der Waals surface area contributed by atoms with Crippen molar-refractivity contribution >= 4 is 34.1 Å². The molecule has 30 heavy (non-hydrogen) atoms. The number of phenols is 1. The number of nitrogens with zero attached hydrogens (tertiary/aromatic N) is 4. The molecule has 0 aliphatic rings. The van der Waals surface area contributed by atoms with E-state index in [1.165, 1.54) is 25.1 Å². The zero-order valence-electron chi connectivity index (χ0n) is 16.6. The molecule has 0 aliphatic carbocycles. The summed E-state index contributed by atoms with van der Waals surface area (Å²) in [5.74, 6) is 0.217. The summed E-state index contributed by atoms with van der Waals surface area (Å²) in [4.78, 5) is 20.6. The van der Waals surface area contributed by atoms with E-state index in [1.54, 1.807) is 36.0 Å². The van der Waals surface area contributed by atoms with Crippen LogP contribution in [-0.4, -0.2) is 30.8 Å². The average Bonchev–Trinajstić information content (AvgIpc) is 2.98. The van der Waals surface area contributed by atoms with Crippen molar-refractivity contribution in [2.24, 2.45) is 7.05 Å². The van der Waals surface area contributed by atoms with Crippen LogP contribution < -0.4 is 10.6 Å². The van der Waals surface area contributed by atoms with Crippen molar-refractivity contribution in [2.75, 3.05) is 10.6 Å². The average molecular weight is 406 g/mol. The molecule has 152 valence electrons. The van der Waals surface area contributed by atoms with E-state index in [1.807, 2.05) is 6.92 Å². The lowest BCUT2D eigenvalue weighted by Crippen LogP contribution is -2.07. The van der Waals surface area contributed by atoms with Gasteiger partial charge in [-0.25, -0.2) is 14.4 Å². The van der Waals surface area contributed by atoms with Gasteiger partial charge in [-0.3, -0.25) is 9.48 Å². The first-order valence-corrected chi connectivity index (χ1v) is 9.16. The SMILES string of the molecule is CC(=O)Nc1cc(Nc2nc(-c3ccc(F)cc3)nc3c(C)nn(C)c23)ccc1O. The normalized spacial score (nSPS) is 10.9. The second kappa shape index (κ2) is 7.43. The molecule has 0 atom stereocenters. The molecule has 4 aromatic rings. The van der Waals surface area contributed by atoms with Gasteiger partial charge >= 0.3 is 0 Å². The number of anilines is 3. The number of carbonyl (C=O) groups excluding carboxylic acids is 1. The monoisotopic (exact) mass is 406 g/mol. The summed E-state index contributed by atoms with van der Waals surface area (Å²) in [5.41, 5.74) is 3.61. The van der Waals surface area contributed by atoms with Gasteiger partial charge in [0.1, 0.15) is 22.6 Å². The Morgan fingerprint density at radius 3 is 2.57 bits per heavy atom. The van der Waals surface area contributed by atoms with Crippen LogP contribution in [0, 0.1) is 12.7 Å². The van der Waals surface area contributed by atoms with Crippen molar-refractivity contribution in [1.82, 2.24) is 19.7 Å². The number of aromatic hydroxyl groups is 1. The van der Waals surface area contributed by atoms with E-state index in [-0.39, 0.29) is 23.2 Å². The van der Waals surface area contributed by atoms with E-state index < -0.39 is 0 Å². The summed E-state index contributed by atoms with van der Waals surface area (Å²) in [6, 6.07) is 10.7. The van der Waals surface area contributed by atoms with E-state index in [0.717, 1.165) is 5.69 Å². The van der Waals surface area contributed by atoms with Crippen LogP contribution in [-0.2, 0) is 11.8 Å². The number of hydrogen-bond donors (Lipinski definition) is 3. The van der Waals surface area contributed by atoms with E-state index in [9.17, 15) is 14.3 Å². The van der Waals surface area contributed by atoms with E-state index >= 15 is 0 Å². The molecule has 9 heteroatoms. The molecule has 0 bridgehead atoms. The van der Waals surface area contributed by atoms with Crippen LogP contribution >= 0.6 is 0 Å². The maximum atomic E-state index is 13.3. The Morgan fingerprint density at radius 1 is 1.13 bits per heavy atom. The third-order valence-corrected chi connectivity index (χ3v) is 4.52. The fraction of sp³-hybridized carbons (Fsp3) is 0.143. The minimum absolute atomic E-state index is 0.0491. The standard InChI is InChI=1S/C21H19FN6O2/c1-11-18-19(28(3)27-11)21(26-20(25-18)13-4-6-14(22)7-5-13)24-15-8-9-17(30)16(10-15)23-12(2)29/h4-10,30H,1-3H3,(H,23,29)(H,24,25,26). The Labute approximate surface area is 171 Å². The number of benzene rings is 2. The van der Waals surface area contributed by atoms with Crippen LogP contribution in [0.25, 0.3) is 22.4 Å². The van der Waals surface area contributed by atoms with Crippen LogP contribution in [0.2, 0.25) is 0 Å². The van der Waals surface area contributed by atoms with Gasteiger partial charge < -0.3 is 15.7 Å². The minimum atomic E-state index is -0.342. The van der Waals surface area contributed by atoms with Gasteiger partial charge in [0.15, 0.2) is 11.6 Å². The van der Waals surface area contributed by atoms with Crippen LogP contribution in [0.15, 0.2) is 42.5 Å². The van der Waals surface area contributed by atoms with Gasteiger partial charge in [0.25, 0.3) is 0 Å². The van der Waals surface area contributed by atoms with Crippen molar-refractivity contribution in [3.8, 4) is 17.1 Å². The zero-order chi connectivity index (χ0) is 21.4. The molecule has 0 saturated carbocycles. The largest absolute Gasteiger partial charge is 0.506 e. The van der Waals surface area contributed by atoms with Gasteiger partial charge in [0, 0.05) is 25.2 Å². The maximum Gasteiger partial charge on any atom is 0.221 e. The van der Waals surface area contributed by atoms with Gasteiger partial charge in [0.05, 0.1) is 11.4 Å². The maximum absolute atomic E-state index is 13.3. The number of nitrogens with one attached hydrogen (secondary N) is 2. The number of amides is 1.